The van der Waals surface area contributed by atoms with Crippen molar-refractivity contribution in [2.45, 2.75) is 39.6 Å². The van der Waals surface area contributed by atoms with Crippen molar-refractivity contribution in [2.75, 3.05) is 100 Å². The van der Waals surface area contributed by atoms with E-state index in [0.29, 0.717) is 117 Å². The normalized spacial score (nSPS) is 13.7. The monoisotopic (exact) mass is 1410 g/mol. The number of nitrogens with zero attached hydrogens (tertiary/aromatic N) is 18. The maximum Gasteiger partial charge on any atom is 0.244 e. The van der Waals surface area contributed by atoms with Gasteiger partial charge < -0.3 is 38.9 Å². The van der Waals surface area contributed by atoms with Crippen LogP contribution < -0.4 is 24.2 Å². The van der Waals surface area contributed by atoms with Crippen LogP contribution in [-0.2, 0) is 34.0 Å². The van der Waals surface area contributed by atoms with E-state index in [-0.39, 0.29) is 60.9 Å². The maximum atomic E-state index is 13.5. The highest BCUT2D eigenvalue weighted by Gasteiger charge is 2.28. The molecular weight excluding hydrogens is 1340 g/mol. The lowest BCUT2D eigenvalue weighted by molar-refractivity contribution is -0.133. The molecule has 26 heteroatoms. The van der Waals surface area contributed by atoms with Crippen LogP contribution in [0.1, 0.15) is 13.8 Å². The Hall–Kier alpha value is -12.6. The number of carbonyl (C=O) groups excluding carboxylic acids is 3. The number of anilines is 3. The number of ether oxygens (including phenoxy) is 2. The number of hydrogen-bond acceptors (Lipinski definition) is 17. The van der Waals surface area contributed by atoms with Crippen LogP contribution in [0.3, 0.4) is 0 Å². The second-order valence-corrected chi connectivity index (χ2v) is 25.2. The van der Waals surface area contributed by atoms with Crippen molar-refractivity contribution in [2.24, 2.45) is 0 Å². The Morgan fingerprint density at radius 1 is 0.352 bits per heavy atom. The van der Waals surface area contributed by atoms with Gasteiger partial charge in [0, 0.05) is 131 Å². The van der Waals surface area contributed by atoms with Crippen molar-refractivity contribution < 1.29 is 37.0 Å². The first kappa shape index (κ1) is 70.8. The molecule has 0 radical (unpaired) electrons. The lowest BCUT2D eigenvalue weighted by Crippen LogP contribution is -2.49. The van der Waals surface area contributed by atoms with E-state index in [1.165, 1.54) is 36.4 Å². The lowest BCUT2D eigenvalue weighted by Gasteiger charge is -2.35. The molecule has 23 nitrogen and oxygen atoms in total. The van der Waals surface area contributed by atoms with E-state index < -0.39 is 0 Å². The molecule has 15 rings (SSSR count). The van der Waals surface area contributed by atoms with Crippen molar-refractivity contribution in [1.82, 2.24) is 73.9 Å². The minimum absolute atomic E-state index is 0.0107. The number of methoxy groups -OCH3 is 1. The zero-order chi connectivity index (χ0) is 72.6. The summed E-state index contributed by atoms with van der Waals surface area (Å²) in [5, 5.41) is 13.8. The van der Waals surface area contributed by atoms with Crippen molar-refractivity contribution >= 4 is 35.2 Å². The molecule has 0 atom stereocenters. The molecule has 0 unspecified atom stereocenters. The lowest BCUT2D eigenvalue weighted by atomic mass is 10.2. The largest absolute Gasteiger partial charge is 0.497 e. The van der Waals surface area contributed by atoms with E-state index in [1.54, 1.807) is 76.1 Å². The Balaban J connectivity index is 0.000000140. The van der Waals surface area contributed by atoms with Crippen molar-refractivity contribution in [1.29, 1.82) is 0 Å². The molecule has 534 valence electrons. The number of benzene rings is 6. The van der Waals surface area contributed by atoms with Gasteiger partial charge in [0.15, 0.2) is 34.9 Å². The maximum absolute atomic E-state index is 13.5. The Morgan fingerprint density at radius 2 is 0.638 bits per heavy atom. The van der Waals surface area contributed by atoms with Crippen LogP contribution in [0.15, 0.2) is 225 Å². The summed E-state index contributed by atoms with van der Waals surface area (Å²) in [6.07, 6.45) is 5.40. The third-order valence-electron chi connectivity index (χ3n) is 17.9. The predicted molar refractivity (Wildman–Crippen MR) is 394 cm³/mol. The molecule has 3 fully saturated rings. The molecule has 6 aromatic heterocycles. The minimum Gasteiger partial charge on any atom is -0.497 e. The molecule has 9 heterocycles. The molecule has 3 amide bonds. The summed E-state index contributed by atoms with van der Waals surface area (Å²) >= 11 is 0. The van der Waals surface area contributed by atoms with Gasteiger partial charge in [-0.05, 0) is 172 Å². The van der Waals surface area contributed by atoms with Gasteiger partial charge in [0.2, 0.25) is 17.7 Å². The van der Waals surface area contributed by atoms with Gasteiger partial charge in [-0.15, -0.1) is 15.3 Å². The van der Waals surface area contributed by atoms with E-state index in [1.807, 2.05) is 162 Å². The zero-order valence-corrected chi connectivity index (χ0v) is 58.3. The van der Waals surface area contributed by atoms with E-state index in [4.69, 9.17) is 14.5 Å². The molecule has 0 N–H and O–H groups in total. The van der Waals surface area contributed by atoms with Crippen molar-refractivity contribution in [3.8, 4) is 79.8 Å². The average Bonchev–Trinajstić information content (AvgIpc) is 1.67. The molecule has 3 aliphatic rings. The molecular formula is C79H77F3N18O5. The first-order valence-corrected chi connectivity index (χ1v) is 34.6. The SMILES string of the molecule is CC(C)Oc1ccc(-c2nc(-c3ccc(F)cc3)nn2CC(=O)N2CCN(c3ccccn3)CC2)cc1.COc1ccc(-c2nc(-c3ccc(F)cc3)nn2CC(=O)N2CCN(c3ccccn3)CC2)cc1.O=C(Cn1nc(-c2ccc(F)cc2)nc1-c1ccccc1)N1CCN(c2ccccn2)CC1. The summed E-state index contributed by atoms with van der Waals surface area (Å²) < 4.78 is 56.2. The molecule has 0 bridgehead atoms. The van der Waals surface area contributed by atoms with Crippen molar-refractivity contribution in [3.63, 3.8) is 0 Å². The fourth-order valence-corrected chi connectivity index (χ4v) is 12.3. The Morgan fingerprint density at radius 3 is 0.924 bits per heavy atom. The van der Waals surface area contributed by atoms with Crippen LogP contribution >= 0.6 is 0 Å². The van der Waals surface area contributed by atoms with Gasteiger partial charge >= 0.3 is 0 Å². The highest BCUT2D eigenvalue weighted by atomic mass is 19.1. The van der Waals surface area contributed by atoms with Crippen molar-refractivity contribution in [3.05, 3.63) is 242 Å². The summed E-state index contributed by atoms with van der Waals surface area (Å²) in [6.45, 7) is 12.1. The zero-order valence-electron chi connectivity index (χ0n) is 58.3. The fourth-order valence-electron chi connectivity index (χ4n) is 12.3. The highest BCUT2D eigenvalue weighted by molar-refractivity contribution is 5.79. The molecule has 3 saturated heterocycles. The quantitative estimate of drug-likeness (QED) is 0.0779. The summed E-state index contributed by atoms with van der Waals surface area (Å²) in [4.78, 5) is 79.0. The smallest absolute Gasteiger partial charge is 0.244 e. The molecule has 105 heavy (non-hydrogen) atoms. The van der Waals surface area contributed by atoms with E-state index in [9.17, 15) is 27.6 Å². The van der Waals surface area contributed by atoms with Crippen LogP contribution in [0.25, 0.3) is 68.3 Å². The molecule has 12 aromatic rings. The molecule has 0 spiro atoms. The van der Waals surface area contributed by atoms with Gasteiger partial charge in [-0.25, -0.2) is 57.1 Å². The summed E-state index contributed by atoms with van der Waals surface area (Å²) in [6, 6.07) is 60.2. The van der Waals surface area contributed by atoms with Gasteiger partial charge in [0.1, 0.15) is 66.0 Å². The minimum atomic E-state index is -0.330. The molecule has 0 aliphatic carbocycles. The fraction of sp³-hybridized carbons (Fsp3) is 0.241. The summed E-state index contributed by atoms with van der Waals surface area (Å²) in [7, 11) is 1.61. The van der Waals surface area contributed by atoms with E-state index in [0.717, 1.165) is 58.7 Å². The number of halogens is 3. The number of pyridine rings is 3. The summed E-state index contributed by atoms with van der Waals surface area (Å²) in [5.74, 6) is 6.26. The first-order valence-electron chi connectivity index (χ1n) is 34.6. The number of piperazine rings is 3. The highest BCUT2D eigenvalue weighted by Crippen LogP contribution is 2.30. The van der Waals surface area contributed by atoms with Gasteiger partial charge in [-0.3, -0.25) is 14.4 Å². The second-order valence-electron chi connectivity index (χ2n) is 25.2. The Bertz CT molecular complexity index is 4800. The summed E-state index contributed by atoms with van der Waals surface area (Å²) in [5.41, 5.74) is 4.54. The number of hydrogen-bond donors (Lipinski definition) is 0. The third-order valence-corrected chi connectivity index (χ3v) is 17.9. The number of rotatable bonds is 18. The molecule has 3 aliphatic heterocycles. The van der Waals surface area contributed by atoms with E-state index >= 15 is 0 Å². The van der Waals surface area contributed by atoms with Gasteiger partial charge in [-0.1, -0.05) is 48.5 Å². The van der Waals surface area contributed by atoms with Crippen LogP contribution in [0, 0.1) is 17.5 Å². The number of carbonyl (C=O) groups is 3. The van der Waals surface area contributed by atoms with Gasteiger partial charge in [0.25, 0.3) is 0 Å². The first-order chi connectivity index (χ1) is 51.2. The predicted octanol–water partition coefficient (Wildman–Crippen LogP) is 11.3. The molecule has 0 saturated carbocycles. The van der Waals surface area contributed by atoms with Crippen LogP contribution in [0.4, 0.5) is 30.6 Å². The van der Waals surface area contributed by atoms with Crippen LogP contribution in [0.5, 0.6) is 11.5 Å². The Kier molecular flexibility index (Phi) is 22.6. The van der Waals surface area contributed by atoms with Crippen LogP contribution in [-0.4, -0.2) is 183 Å². The average molecular weight is 1420 g/mol. The van der Waals surface area contributed by atoms with E-state index in [2.05, 4.69) is 54.9 Å². The number of amides is 3. The third kappa shape index (κ3) is 18.0. The van der Waals surface area contributed by atoms with Gasteiger partial charge in [-0.2, -0.15) is 0 Å². The standard InChI is InChI=1S/C28H29FN6O2.C26H25FN6O2.C25H23FN6O/c1-20(2)37-24-12-8-22(9-13-24)28-31-27(21-6-10-23(29)11-7-21)32-35(28)19-26(36)34-17-15-33(16-18-34)25-5-3-4-14-30-25;1-35-22-11-7-20(8-12-22)26-29-25(19-5-9-21(27)10-6-19)30-33(26)18-24(34)32-16-14-31(15-17-32)23-4-2-3-13-28-23;26-21-11-9-19(10-12-21)24-28-25(20-6-2-1-3-7-20)32(29-24)18-23(33)31-16-14-30(15-17-31)22-8-4-5-13-27-22/h3-14,20H,15-19H2,1-2H3;2-13H,14-18H2,1H3;1-13H,14-18H2. The van der Waals surface area contributed by atoms with Crippen LogP contribution in [0.2, 0.25) is 0 Å². The molecule has 6 aromatic carbocycles. The Labute approximate surface area is 605 Å². The number of aromatic nitrogens is 12. The second kappa shape index (κ2) is 33.5. The topological polar surface area (TPSA) is 220 Å². The van der Waals surface area contributed by atoms with Gasteiger partial charge in [0.05, 0.1) is 13.2 Å².